The standard InChI is InChI=1S/C17H16N2O2S2/c1-19-9-2-3-14(17(19)21)16(20)18-8-6-13-4-5-15(23-13)12-7-10-22-11-12/h2-5,7,9-11H,6,8H2,1H3,(H,18,20). The maximum Gasteiger partial charge on any atom is 0.263 e. The Kier molecular flexibility index (Phi) is 4.73. The highest BCUT2D eigenvalue weighted by molar-refractivity contribution is 7.16. The van der Waals surface area contributed by atoms with Gasteiger partial charge in [0.2, 0.25) is 0 Å². The minimum atomic E-state index is -0.319. The van der Waals surface area contributed by atoms with Crippen molar-refractivity contribution in [3.8, 4) is 10.4 Å². The van der Waals surface area contributed by atoms with Crippen LogP contribution in [0.4, 0.5) is 0 Å². The molecule has 4 nitrogen and oxygen atoms in total. The Morgan fingerprint density at radius 1 is 1.26 bits per heavy atom. The lowest BCUT2D eigenvalue weighted by Crippen LogP contribution is -2.32. The summed E-state index contributed by atoms with van der Waals surface area (Å²) in [5.74, 6) is -0.319. The smallest absolute Gasteiger partial charge is 0.263 e. The zero-order valence-corrected chi connectivity index (χ0v) is 14.2. The Labute approximate surface area is 142 Å². The molecular weight excluding hydrogens is 328 g/mol. The molecule has 0 unspecified atom stereocenters. The van der Waals surface area contributed by atoms with Crippen LogP contribution in [0.25, 0.3) is 10.4 Å². The highest BCUT2D eigenvalue weighted by atomic mass is 32.1. The third kappa shape index (κ3) is 3.60. The predicted octanol–water partition coefficient (Wildman–Crippen LogP) is 3.15. The van der Waals surface area contributed by atoms with Gasteiger partial charge in [-0.3, -0.25) is 9.59 Å². The normalized spacial score (nSPS) is 10.7. The van der Waals surface area contributed by atoms with Crippen LogP contribution >= 0.6 is 22.7 Å². The first-order valence-electron chi connectivity index (χ1n) is 7.20. The van der Waals surface area contributed by atoms with Crippen LogP contribution in [0.2, 0.25) is 0 Å². The van der Waals surface area contributed by atoms with Gasteiger partial charge in [0, 0.05) is 35.1 Å². The maximum absolute atomic E-state index is 12.1. The summed E-state index contributed by atoms with van der Waals surface area (Å²) in [6, 6.07) is 9.55. The summed E-state index contributed by atoms with van der Waals surface area (Å²) in [4.78, 5) is 26.4. The van der Waals surface area contributed by atoms with Crippen LogP contribution in [0.15, 0.2) is 52.1 Å². The number of aromatic nitrogens is 1. The van der Waals surface area contributed by atoms with Gasteiger partial charge in [-0.1, -0.05) is 0 Å². The Balaban J connectivity index is 1.58. The molecule has 0 bridgehead atoms. The van der Waals surface area contributed by atoms with Crippen LogP contribution in [0.1, 0.15) is 15.2 Å². The molecule has 0 saturated heterocycles. The van der Waals surface area contributed by atoms with Gasteiger partial charge in [-0.25, -0.2) is 0 Å². The molecule has 6 heteroatoms. The first-order valence-corrected chi connectivity index (χ1v) is 8.96. The van der Waals surface area contributed by atoms with Gasteiger partial charge in [-0.15, -0.1) is 11.3 Å². The van der Waals surface area contributed by atoms with E-state index in [1.807, 2.05) is 0 Å². The third-order valence-electron chi connectivity index (χ3n) is 3.49. The molecule has 0 aliphatic carbocycles. The lowest BCUT2D eigenvalue weighted by Gasteiger charge is -2.05. The number of hydrogen-bond acceptors (Lipinski definition) is 4. The van der Waals surface area contributed by atoms with Crippen LogP contribution in [-0.2, 0) is 13.5 Å². The van der Waals surface area contributed by atoms with Crippen molar-refractivity contribution in [3.63, 3.8) is 0 Å². The van der Waals surface area contributed by atoms with Crippen molar-refractivity contribution in [2.75, 3.05) is 6.54 Å². The second-order valence-electron chi connectivity index (χ2n) is 5.12. The maximum atomic E-state index is 12.1. The van der Waals surface area contributed by atoms with Crippen molar-refractivity contribution in [1.29, 1.82) is 0 Å². The molecule has 0 aromatic carbocycles. The fraction of sp³-hybridized carbons (Fsp3) is 0.176. The van der Waals surface area contributed by atoms with Crippen molar-refractivity contribution >= 4 is 28.6 Å². The van der Waals surface area contributed by atoms with Crippen molar-refractivity contribution in [2.24, 2.45) is 7.05 Å². The van der Waals surface area contributed by atoms with Gasteiger partial charge < -0.3 is 9.88 Å². The average molecular weight is 344 g/mol. The molecule has 1 N–H and O–H groups in total. The molecule has 0 atom stereocenters. The number of aryl methyl sites for hydroxylation is 1. The highest BCUT2D eigenvalue weighted by Crippen LogP contribution is 2.29. The molecule has 3 rings (SSSR count). The molecular formula is C17H16N2O2S2. The molecule has 118 valence electrons. The number of rotatable bonds is 5. The zero-order valence-electron chi connectivity index (χ0n) is 12.6. The van der Waals surface area contributed by atoms with E-state index in [-0.39, 0.29) is 17.0 Å². The van der Waals surface area contributed by atoms with E-state index in [4.69, 9.17) is 0 Å². The summed E-state index contributed by atoms with van der Waals surface area (Å²) in [5.41, 5.74) is 1.14. The summed E-state index contributed by atoms with van der Waals surface area (Å²) in [5, 5.41) is 7.01. The summed E-state index contributed by atoms with van der Waals surface area (Å²) < 4.78 is 1.40. The molecule has 23 heavy (non-hydrogen) atoms. The van der Waals surface area contributed by atoms with Gasteiger partial charge >= 0.3 is 0 Å². The summed E-state index contributed by atoms with van der Waals surface area (Å²) in [6.07, 6.45) is 2.39. The quantitative estimate of drug-likeness (QED) is 0.773. The lowest BCUT2D eigenvalue weighted by atomic mass is 10.2. The monoisotopic (exact) mass is 344 g/mol. The Hall–Kier alpha value is -2.18. The first-order chi connectivity index (χ1) is 11.1. The summed E-state index contributed by atoms with van der Waals surface area (Å²) in [7, 11) is 1.64. The van der Waals surface area contributed by atoms with E-state index in [1.165, 1.54) is 19.9 Å². The first kappa shape index (κ1) is 15.7. The number of carbonyl (C=O) groups excluding carboxylic acids is 1. The van der Waals surface area contributed by atoms with E-state index in [1.54, 1.807) is 48.1 Å². The third-order valence-corrected chi connectivity index (χ3v) is 5.37. The van der Waals surface area contributed by atoms with Crippen LogP contribution < -0.4 is 10.9 Å². The molecule has 1 amide bonds. The molecule has 0 saturated carbocycles. The summed E-state index contributed by atoms with van der Waals surface area (Å²) in [6.45, 7) is 0.514. The molecule has 0 radical (unpaired) electrons. The summed E-state index contributed by atoms with van der Waals surface area (Å²) >= 11 is 3.42. The van der Waals surface area contributed by atoms with Crippen LogP contribution in [0, 0.1) is 0 Å². The topological polar surface area (TPSA) is 51.1 Å². The number of hydrogen-bond donors (Lipinski definition) is 1. The molecule has 0 aliphatic heterocycles. The van der Waals surface area contributed by atoms with Crippen LogP contribution in [-0.4, -0.2) is 17.0 Å². The van der Waals surface area contributed by atoms with Crippen molar-refractivity contribution < 1.29 is 4.79 Å². The fourth-order valence-corrected chi connectivity index (χ4v) is 3.97. The molecule has 3 heterocycles. The largest absolute Gasteiger partial charge is 0.352 e. The van der Waals surface area contributed by atoms with Gasteiger partial charge in [0.15, 0.2) is 0 Å². The second-order valence-corrected chi connectivity index (χ2v) is 7.07. The molecule has 0 aliphatic rings. The minimum absolute atomic E-state index is 0.181. The molecule has 3 aromatic rings. The predicted molar refractivity (Wildman–Crippen MR) is 95.4 cm³/mol. The fourth-order valence-electron chi connectivity index (χ4n) is 2.24. The van der Waals surface area contributed by atoms with E-state index in [9.17, 15) is 9.59 Å². The number of nitrogens with zero attached hydrogens (tertiary/aromatic N) is 1. The van der Waals surface area contributed by atoms with Crippen LogP contribution in [0.5, 0.6) is 0 Å². The Morgan fingerprint density at radius 2 is 2.13 bits per heavy atom. The van der Waals surface area contributed by atoms with E-state index >= 15 is 0 Å². The Morgan fingerprint density at radius 3 is 2.91 bits per heavy atom. The van der Waals surface area contributed by atoms with Crippen molar-refractivity contribution in [3.05, 3.63) is 68.1 Å². The van der Waals surface area contributed by atoms with Gasteiger partial charge in [0.25, 0.3) is 11.5 Å². The minimum Gasteiger partial charge on any atom is -0.352 e. The SMILES string of the molecule is Cn1cccc(C(=O)NCCc2ccc(-c3ccsc3)s2)c1=O. The van der Waals surface area contributed by atoms with Gasteiger partial charge in [0.05, 0.1) is 0 Å². The highest BCUT2D eigenvalue weighted by Gasteiger charge is 2.10. The van der Waals surface area contributed by atoms with Gasteiger partial charge in [-0.05, 0) is 47.5 Å². The molecule has 3 aromatic heterocycles. The number of amides is 1. The average Bonchev–Trinajstić information content (AvgIpc) is 3.20. The second kappa shape index (κ2) is 6.93. The number of thiophene rings is 2. The van der Waals surface area contributed by atoms with Crippen molar-refractivity contribution in [1.82, 2.24) is 9.88 Å². The zero-order chi connectivity index (χ0) is 16.2. The van der Waals surface area contributed by atoms with Gasteiger partial charge in [0.1, 0.15) is 5.56 Å². The Bertz CT molecular complexity index is 863. The number of pyridine rings is 1. The van der Waals surface area contributed by atoms with E-state index in [0.717, 1.165) is 6.42 Å². The lowest BCUT2D eigenvalue weighted by molar-refractivity contribution is 0.0952. The number of carbonyl (C=O) groups is 1. The van der Waals surface area contributed by atoms with E-state index in [0.29, 0.717) is 6.54 Å². The van der Waals surface area contributed by atoms with E-state index < -0.39 is 0 Å². The molecule has 0 fully saturated rings. The van der Waals surface area contributed by atoms with E-state index in [2.05, 4.69) is 34.3 Å². The number of nitrogens with one attached hydrogen (secondary N) is 1. The van der Waals surface area contributed by atoms with Gasteiger partial charge in [-0.2, -0.15) is 11.3 Å². The van der Waals surface area contributed by atoms with Crippen LogP contribution in [0.3, 0.4) is 0 Å². The molecule has 0 spiro atoms. The van der Waals surface area contributed by atoms with Crippen molar-refractivity contribution in [2.45, 2.75) is 6.42 Å².